The molecule has 1 rings (SSSR count). The van der Waals surface area contributed by atoms with Crippen molar-refractivity contribution in [1.29, 1.82) is 0 Å². The van der Waals surface area contributed by atoms with Crippen LogP contribution in [-0.4, -0.2) is 18.5 Å². The maximum absolute atomic E-state index is 12.7. The van der Waals surface area contributed by atoms with Crippen LogP contribution in [0.1, 0.15) is 24.2 Å². The number of ether oxygens (including phenoxy) is 1. The van der Waals surface area contributed by atoms with Crippen molar-refractivity contribution < 1.29 is 13.9 Å². The summed E-state index contributed by atoms with van der Waals surface area (Å²) in [5.74, 6) is -0.599. The Balaban J connectivity index is 2.61. The molecule has 1 aromatic carbocycles. The van der Waals surface area contributed by atoms with Gasteiger partial charge in [0.1, 0.15) is 12.4 Å². The third-order valence-electron chi connectivity index (χ3n) is 1.69. The molecule has 0 heterocycles. The van der Waals surface area contributed by atoms with Gasteiger partial charge in [0.25, 0.3) is 0 Å². The second kappa shape index (κ2) is 4.86. The molecule has 1 aromatic rings. The summed E-state index contributed by atoms with van der Waals surface area (Å²) in [6.45, 7) is 3.69. The molecule has 0 spiro atoms. The summed E-state index contributed by atoms with van der Waals surface area (Å²) in [6.07, 6.45) is 0.00695. The van der Waals surface area contributed by atoms with Crippen LogP contribution >= 0.6 is 0 Å². The van der Waals surface area contributed by atoms with Crippen molar-refractivity contribution in [3.05, 3.63) is 35.6 Å². The number of hydrogen-bond donors (Lipinski definition) is 0. The fourth-order valence-electron chi connectivity index (χ4n) is 0.988. The van der Waals surface area contributed by atoms with Crippen molar-refractivity contribution in [1.82, 2.24) is 0 Å². The number of halogens is 1. The van der Waals surface area contributed by atoms with Gasteiger partial charge < -0.3 is 4.74 Å². The topological polar surface area (TPSA) is 26.3 Å². The van der Waals surface area contributed by atoms with Crippen LogP contribution in [0, 0.1) is 5.82 Å². The zero-order chi connectivity index (χ0) is 10.6. The van der Waals surface area contributed by atoms with Gasteiger partial charge in [0.2, 0.25) is 0 Å². The first-order valence-corrected chi connectivity index (χ1v) is 4.50. The van der Waals surface area contributed by atoms with Crippen molar-refractivity contribution in [2.45, 2.75) is 20.0 Å². The molecule has 0 aliphatic heterocycles. The number of carbonyl (C=O) groups excluding carboxylic acids is 1. The number of hydrogen-bond acceptors (Lipinski definition) is 2. The van der Waals surface area contributed by atoms with Crippen LogP contribution in [0.2, 0.25) is 0 Å². The van der Waals surface area contributed by atoms with E-state index in [0.29, 0.717) is 5.56 Å². The van der Waals surface area contributed by atoms with E-state index >= 15 is 0 Å². The van der Waals surface area contributed by atoms with E-state index in [2.05, 4.69) is 0 Å². The quantitative estimate of drug-likeness (QED) is 0.691. The van der Waals surface area contributed by atoms with Crippen molar-refractivity contribution >= 4 is 5.78 Å². The average Bonchev–Trinajstić information content (AvgIpc) is 2.14. The van der Waals surface area contributed by atoms with Gasteiger partial charge >= 0.3 is 0 Å². The monoisotopic (exact) mass is 196 g/mol. The van der Waals surface area contributed by atoms with Crippen LogP contribution in [0.3, 0.4) is 0 Å². The van der Waals surface area contributed by atoms with Crippen molar-refractivity contribution in [2.75, 3.05) is 6.61 Å². The molecule has 3 heteroatoms. The Morgan fingerprint density at radius 1 is 1.50 bits per heavy atom. The molecule has 76 valence electrons. The molecular weight excluding hydrogens is 183 g/mol. The van der Waals surface area contributed by atoms with Crippen molar-refractivity contribution in [2.24, 2.45) is 0 Å². The minimum atomic E-state index is -0.402. The Labute approximate surface area is 82.7 Å². The molecule has 0 saturated heterocycles. The van der Waals surface area contributed by atoms with E-state index in [1.165, 1.54) is 18.2 Å². The molecular formula is C11H13FO2. The van der Waals surface area contributed by atoms with Gasteiger partial charge in [-0.25, -0.2) is 4.39 Å². The Morgan fingerprint density at radius 3 is 2.79 bits per heavy atom. The highest BCUT2D eigenvalue weighted by molar-refractivity contribution is 5.97. The number of ketones is 1. The first kappa shape index (κ1) is 10.9. The summed E-state index contributed by atoms with van der Waals surface area (Å²) in [5.41, 5.74) is 0.352. The molecule has 0 aliphatic rings. The fraction of sp³-hybridized carbons (Fsp3) is 0.364. The lowest BCUT2D eigenvalue weighted by atomic mass is 10.1. The van der Waals surface area contributed by atoms with Crippen molar-refractivity contribution in [3.8, 4) is 0 Å². The van der Waals surface area contributed by atoms with Crippen LogP contribution in [0.5, 0.6) is 0 Å². The minimum absolute atomic E-state index is 0.00111. The highest BCUT2D eigenvalue weighted by Gasteiger charge is 2.07. The summed E-state index contributed by atoms with van der Waals surface area (Å²) in [5, 5.41) is 0. The number of carbonyl (C=O) groups is 1. The molecule has 14 heavy (non-hydrogen) atoms. The van der Waals surface area contributed by atoms with Gasteiger partial charge in [0, 0.05) is 5.56 Å². The molecule has 0 aromatic heterocycles. The molecule has 0 fully saturated rings. The third-order valence-corrected chi connectivity index (χ3v) is 1.69. The van der Waals surface area contributed by atoms with Gasteiger partial charge in [-0.05, 0) is 26.0 Å². The molecule has 0 unspecified atom stereocenters. The third kappa shape index (κ3) is 3.26. The Bertz CT molecular complexity index is 321. The summed E-state index contributed by atoms with van der Waals surface area (Å²) in [4.78, 5) is 11.4. The first-order valence-electron chi connectivity index (χ1n) is 4.50. The number of rotatable bonds is 4. The minimum Gasteiger partial charge on any atom is -0.371 e. The summed E-state index contributed by atoms with van der Waals surface area (Å²) in [7, 11) is 0. The van der Waals surface area contributed by atoms with E-state index in [4.69, 9.17) is 4.74 Å². The lowest BCUT2D eigenvalue weighted by molar-refractivity contribution is 0.0584. The molecule has 2 nitrogen and oxygen atoms in total. The number of Topliss-reactive ketones (excluding diaryl/α,β-unsaturated/α-hetero) is 1. The van der Waals surface area contributed by atoms with Gasteiger partial charge in [-0.3, -0.25) is 4.79 Å². The fourth-order valence-corrected chi connectivity index (χ4v) is 0.988. The predicted octanol–water partition coefficient (Wildman–Crippen LogP) is 2.43. The van der Waals surface area contributed by atoms with Gasteiger partial charge in [0.05, 0.1) is 6.10 Å². The lowest BCUT2D eigenvalue weighted by Gasteiger charge is -2.06. The normalized spacial score (nSPS) is 10.6. The second-order valence-electron chi connectivity index (χ2n) is 3.29. The largest absolute Gasteiger partial charge is 0.371 e. The van der Waals surface area contributed by atoms with E-state index in [1.54, 1.807) is 6.07 Å². The number of benzene rings is 1. The Morgan fingerprint density at radius 2 is 2.21 bits per heavy atom. The van der Waals surface area contributed by atoms with E-state index in [-0.39, 0.29) is 18.5 Å². The highest BCUT2D eigenvalue weighted by Crippen LogP contribution is 2.05. The van der Waals surface area contributed by atoms with Gasteiger partial charge in [0.15, 0.2) is 5.78 Å². The molecule has 0 aliphatic carbocycles. The van der Waals surface area contributed by atoms with Crippen LogP contribution in [0.25, 0.3) is 0 Å². The van der Waals surface area contributed by atoms with E-state index in [0.717, 1.165) is 0 Å². The van der Waals surface area contributed by atoms with E-state index < -0.39 is 5.82 Å². The summed E-state index contributed by atoms with van der Waals surface area (Å²) < 4.78 is 17.9. The summed E-state index contributed by atoms with van der Waals surface area (Å²) >= 11 is 0. The Hall–Kier alpha value is -1.22. The average molecular weight is 196 g/mol. The smallest absolute Gasteiger partial charge is 0.188 e. The van der Waals surface area contributed by atoms with Gasteiger partial charge in [-0.15, -0.1) is 0 Å². The van der Waals surface area contributed by atoms with Crippen LogP contribution in [0.15, 0.2) is 24.3 Å². The molecule has 0 atom stereocenters. The van der Waals surface area contributed by atoms with Gasteiger partial charge in [-0.2, -0.15) is 0 Å². The van der Waals surface area contributed by atoms with Crippen LogP contribution in [0.4, 0.5) is 4.39 Å². The molecule has 0 saturated carbocycles. The van der Waals surface area contributed by atoms with Crippen LogP contribution < -0.4 is 0 Å². The highest BCUT2D eigenvalue weighted by atomic mass is 19.1. The van der Waals surface area contributed by atoms with Crippen molar-refractivity contribution in [3.63, 3.8) is 0 Å². The zero-order valence-electron chi connectivity index (χ0n) is 8.29. The van der Waals surface area contributed by atoms with E-state index in [9.17, 15) is 9.18 Å². The maximum Gasteiger partial charge on any atom is 0.188 e. The molecule has 0 radical (unpaired) electrons. The predicted molar refractivity (Wildman–Crippen MR) is 51.8 cm³/mol. The molecule has 0 amide bonds. The first-order chi connectivity index (χ1) is 6.59. The lowest BCUT2D eigenvalue weighted by Crippen LogP contribution is -2.13. The molecule has 0 N–H and O–H groups in total. The second-order valence-corrected chi connectivity index (χ2v) is 3.29. The molecule has 0 bridgehead atoms. The Kier molecular flexibility index (Phi) is 3.77. The van der Waals surface area contributed by atoms with Crippen LogP contribution in [-0.2, 0) is 4.74 Å². The maximum atomic E-state index is 12.7. The standard InChI is InChI=1S/C11H13FO2/c1-8(2)14-7-11(13)9-4-3-5-10(12)6-9/h3-6,8H,7H2,1-2H3. The van der Waals surface area contributed by atoms with E-state index in [1.807, 2.05) is 13.8 Å². The zero-order valence-corrected chi connectivity index (χ0v) is 8.29. The van der Waals surface area contributed by atoms with Gasteiger partial charge in [-0.1, -0.05) is 12.1 Å². The summed E-state index contributed by atoms with van der Waals surface area (Å²) in [6, 6.07) is 5.61. The SMILES string of the molecule is CC(C)OCC(=O)c1cccc(F)c1.